The molecule has 0 aromatic heterocycles. The lowest BCUT2D eigenvalue weighted by molar-refractivity contribution is 0.00956. The number of guanidine groups is 1. The van der Waals surface area contributed by atoms with Crippen LogP contribution in [0.15, 0.2) is 4.99 Å². The van der Waals surface area contributed by atoms with Crippen LogP contribution in [-0.2, 0) is 0 Å². The topological polar surface area (TPSA) is 61.8 Å². The number of piperidine rings is 1. The van der Waals surface area contributed by atoms with E-state index in [0.717, 1.165) is 25.9 Å². The lowest BCUT2D eigenvalue weighted by atomic mass is 9.94. The van der Waals surface area contributed by atoms with Crippen molar-refractivity contribution in [2.24, 2.45) is 10.7 Å². The van der Waals surface area contributed by atoms with Crippen LogP contribution in [0.3, 0.4) is 0 Å². The summed E-state index contributed by atoms with van der Waals surface area (Å²) in [6, 6.07) is 0. The molecule has 0 unspecified atom stereocenters. The Bertz CT molecular complexity index is 243. The Morgan fingerprint density at radius 3 is 2.20 bits per heavy atom. The molecule has 1 fully saturated rings. The molecule has 0 aliphatic carbocycles. The Morgan fingerprint density at radius 2 is 1.80 bits per heavy atom. The molecule has 4 heteroatoms. The van der Waals surface area contributed by atoms with E-state index in [1.807, 2.05) is 32.6 Å². The van der Waals surface area contributed by atoms with Crippen molar-refractivity contribution in [3.63, 3.8) is 0 Å². The van der Waals surface area contributed by atoms with E-state index in [1.165, 1.54) is 0 Å². The molecular weight excluding hydrogens is 190 g/mol. The van der Waals surface area contributed by atoms with Crippen LogP contribution < -0.4 is 5.73 Å². The summed E-state index contributed by atoms with van der Waals surface area (Å²) in [5.74, 6) is 0.595. The average molecular weight is 213 g/mol. The molecular formula is C11H23N3O. The number of hydrogen-bond acceptors (Lipinski definition) is 2. The van der Waals surface area contributed by atoms with Gasteiger partial charge in [0.2, 0.25) is 0 Å². The van der Waals surface area contributed by atoms with Crippen LogP contribution >= 0.6 is 0 Å². The minimum absolute atomic E-state index is 0.135. The SMILES string of the molecule is CC1(O)CCN(C(N)=NC(C)(C)C)CC1. The van der Waals surface area contributed by atoms with Gasteiger partial charge in [-0.1, -0.05) is 0 Å². The van der Waals surface area contributed by atoms with Gasteiger partial charge in [0, 0.05) is 13.1 Å². The molecule has 1 saturated heterocycles. The number of hydrogen-bond donors (Lipinski definition) is 2. The van der Waals surface area contributed by atoms with Crippen LogP contribution in [0.5, 0.6) is 0 Å². The molecule has 0 aromatic rings. The number of nitrogens with two attached hydrogens (primary N) is 1. The summed E-state index contributed by atoms with van der Waals surface area (Å²) >= 11 is 0. The molecule has 88 valence electrons. The van der Waals surface area contributed by atoms with Gasteiger partial charge in [-0.25, -0.2) is 4.99 Å². The van der Waals surface area contributed by atoms with Crippen molar-refractivity contribution in [2.75, 3.05) is 13.1 Å². The van der Waals surface area contributed by atoms with E-state index < -0.39 is 5.60 Å². The van der Waals surface area contributed by atoms with E-state index in [0.29, 0.717) is 5.96 Å². The minimum atomic E-state index is -0.529. The molecule has 4 nitrogen and oxygen atoms in total. The lowest BCUT2D eigenvalue weighted by Gasteiger charge is -2.36. The standard InChI is InChI=1S/C11H23N3O/c1-10(2,3)13-9(12)14-7-5-11(4,15)6-8-14/h15H,5-8H2,1-4H3,(H2,12,13). The Kier molecular flexibility index (Phi) is 3.28. The van der Waals surface area contributed by atoms with Gasteiger partial charge in [0.15, 0.2) is 5.96 Å². The van der Waals surface area contributed by atoms with Crippen LogP contribution in [0.4, 0.5) is 0 Å². The van der Waals surface area contributed by atoms with Crippen LogP contribution in [0.25, 0.3) is 0 Å². The van der Waals surface area contributed by atoms with E-state index in [9.17, 15) is 5.11 Å². The smallest absolute Gasteiger partial charge is 0.191 e. The van der Waals surface area contributed by atoms with Crippen molar-refractivity contribution in [3.05, 3.63) is 0 Å². The molecule has 0 aromatic carbocycles. The Labute approximate surface area is 92.2 Å². The number of nitrogens with zero attached hydrogens (tertiary/aromatic N) is 2. The van der Waals surface area contributed by atoms with Crippen molar-refractivity contribution in [1.29, 1.82) is 0 Å². The third-order valence-electron chi connectivity index (χ3n) is 2.61. The van der Waals surface area contributed by atoms with Gasteiger partial charge in [-0.15, -0.1) is 0 Å². The monoisotopic (exact) mass is 213 g/mol. The predicted molar refractivity (Wildman–Crippen MR) is 62.8 cm³/mol. The van der Waals surface area contributed by atoms with E-state index >= 15 is 0 Å². The van der Waals surface area contributed by atoms with Crippen molar-refractivity contribution in [1.82, 2.24) is 4.90 Å². The molecule has 1 aliphatic rings. The zero-order valence-electron chi connectivity index (χ0n) is 10.2. The fourth-order valence-electron chi connectivity index (χ4n) is 1.63. The van der Waals surface area contributed by atoms with E-state index in [2.05, 4.69) is 4.99 Å². The lowest BCUT2D eigenvalue weighted by Crippen LogP contribution is -2.48. The molecule has 1 heterocycles. The van der Waals surface area contributed by atoms with Gasteiger partial charge in [-0.2, -0.15) is 0 Å². The van der Waals surface area contributed by atoms with Crippen molar-refractivity contribution >= 4 is 5.96 Å². The fourth-order valence-corrected chi connectivity index (χ4v) is 1.63. The third kappa shape index (κ3) is 4.08. The van der Waals surface area contributed by atoms with Crippen molar-refractivity contribution in [2.45, 2.75) is 51.7 Å². The Morgan fingerprint density at radius 1 is 1.33 bits per heavy atom. The van der Waals surface area contributed by atoms with Gasteiger partial charge in [-0.05, 0) is 40.5 Å². The number of aliphatic hydroxyl groups is 1. The van der Waals surface area contributed by atoms with E-state index in [-0.39, 0.29) is 5.54 Å². The van der Waals surface area contributed by atoms with Crippen molar-refractivity contribution in [3.8, 4) is 0 Å². The first-order valence-corrected chi connectivity index (χ1v) is 5.52. The fraction of sp³-hybridized carbons (Fsp3) is 0.909. The van der Waals surface area contributed by atoms with Crippen LogP contribution in [0.1, 0.15) is 40.5 Å². The predicted octanol–water partition coefficient (Wildman–Crippen LogP) is 0.946. The normalized spacial score (nSPS) is 23.0. The maximum absolute atomic E-state index is 9.80. The zero-order valence-corrected chi connectivity index (χ0v) is 10.2. The largest absolute Gasteiger partial charge is 0.390 e. The van der Waals surface area contributed by atoms with Gasteiger partial charge in [0.1, 0.15) is 0 Å². The van der Waals surface area contributed by atoms with Crippen LogP contribution in [0, 0.1) is 0 Å². The highest BCUT2D eigenvalue weighted by molar-refractivity contribution is 5.78. The Balaban J connectivity index is 2.57. The highest BCUT2D eigenvalue weighted by Crippen LogP contribution is 2.21. The second kappa shape index (κ2) is 4.00. The molecule has 0 bridgehead atoms. The molecule has 1 aliphatic heterocycles. The maximum atomic E-state index is 9.80. The molecule has 0 amide bonds. The molecule has 1 rings (SSSR count). The molecule has 3 N–H and O–H groups in total. The third-order valence-corrected chi connectivity index (χ3v) is 2.61. The molecule has 0 spiro atoms. The molecule has 0 atom stereocenters. The molecule has 0 radical (unpaired) electrons. The first-order chi connectivity index (χ1) is 6.70. The zero-order chi connectivity index (χ0) is 11.7. The summed E-state index contributed by atoms with van der Waals surface area (Å²) in [4.78, 5) is 6.46. The van der Waals surface area contributed by atoms with Gasteiger partial charge in [0.05, 0.1) is 11.1 Å². The highest BCUT2D eigenvalue weighted by Gasteiger charge is 2.28. The summed E-state index contributed by atoms with van der Waals surface area (Å²) in [6.45, 7) is 9.54. The number of rotatable bonds is 0. The number of likely N-dealkylation sites (tertiary alicyclic amines) is 1. The average Bonchev–Trinajstić information content (AvgIpc) is 2.00. The van der Waals surface area contributed by atoms with Crippen molar-refractivity contribution < 1.29 is 5.11 Å². The molecule has 0 saturated carbocycles. The summed E-state index contributed by atoms with van der Waals surface area (Å²) in [5, 5.41) is 9.80. The molecule has 15 heavy (non-hydrogen) atoms. The summed E-state index contributed by atoms with van der Waals surface area (Å²) in [6.07, 6.45) is 1.51. The second-order valence-corrected chi connectivity index (χ2v) is 5.62. The summed E-state index contributed by atoms with van der Waals surface area (Å²) in [5.41, 5.74) is 5.25. The summed E-state index contributed by atoms with van der Waals surface area (Å²) < 4.78 is 0. The van der Waals surface area contributed by atoms with E-state index in [1.54, 1.807) is 0 Å². The van der Waals surface area contributed by atoms with Gasteiger partial charge < -0.3 is 15.7 Å². The quantitative estimate of drug-likeness (QED) is 0.465. The maximum Gasteiger partial charge on any atom is 0.191 e. The van der Waals surface area contributed by atoms with E-state index in [4.69, 9.17) is 5.73 Å². The van der Waals surface area contributed by atoms with Crippen LogP contribution in [0.2, 0.25) is 0 Å². The first kappa shape index (κ1) is 12.3. The van der Waals surface area contributed by atoms with Crippen LogP contribution in [-0.4, -0.2) is 40.2 Å². The second-order valence-electron chi connectivity index (χ2n) is 5.62. The van der Waals surface area contributed by atoms with Gasteiger partial charge in [-0.3, -0.25) is 0 Å². The summed E-state index contributed by atoms with van der Waals surface area (Å²) in [7, 11) is 0. The highest BCUT2D eigenvalue weighted by atomic mass is 16.3. The Hall–Kier alpha value is -0.770. The minimum Gasteiger partial charge on any atom is -0.390 e. The van der Waals surface area contributed by atoms with Gasteiger partial charge >= 0.3 is 0 Å². The van der Waals surface area contributed by atoms with Gasteiger partial charge in [0.25, 0.3) is 0 Å². The number of aliphatic imine (C=N–C) groups is 1. The first-order valence-electron chi connectivity index (χ1n) is 5.52.